The molecule has 3 heteroatoms. The first kappa shape index (κ1) is 11.9. The number of rotatable bonds is 7. The topological polar surface area (TPSA) is 26.3 Å². The Kier molecular flexibility index (Phi) is 9.00. The van der Waals surface area contributed by atoms with Gasteiger partial charge in [-0.05, 0) is 19.3 Å². The zero-order valence-corrected chi connectivity index (χ0v) is 9.23. The maximum Gasteiger partial charge on any atom is 0.305 e. The van der Waals surface area contributed by atoms with E-state index in [2.05, 4.69) is 15.9 Å². The van der Waals surface area contributed by atoms with Gasteiger partial charge in [-0.1, -0.05) is 29.3 Å². The Balaban J connectivity index is 3.08. The number of hydrogen-bond donors (Lipinski definition) is 0. The van der Waals surface area contributed by atoms with E-state index in [9.17, 15) is 4.79 Å². The van der Waals surface area contributed by atoms with Gasteiger partial charge in [0.2, 0.25) is 0 Å². The molecule has 0 aromatic carbocycles. The van der Waals surface area contributed by atoms with Gasteiger partial charge in [0, 0.05) is 11.8 Å². The second kappa shape index (κ2) is 9.04. The highest BCUT2D eigenvalue weighted by Gasteiger charge is 2.00. The van der Waals surface area contributed by atoms with Crippen LogP contribution in [0, 0.1) is 0 Å². The quantitative estimate of drug-likeness (QED) is 0.386. The molecule has 2 nitrogen and oxygen atoms in total. The molecule has 0 aliphatic heterocycles. The van der Waals surface area contributed by atoms with Crippen LogP contribution < -0.4 is 0 Å². The SMILES string of the molecule is CCCOC(=O)CCCCCBr. The van der Waals surface area contributed by atoms with E-state index in [0.717, 1.165) is 31.0 Å². The van der Waals surface area contributed by atoms with Gasteiger partial charge in [0.25, 0.3) is 0 Å². The van der Waals surface area contributed by atoms with Gasteiger partial charge in [0.05, 0.1) is 6.61 Å². The molecular formula is C9H17BrO2. The molecule has 0 aromatic heterocycles. The maximum absolute atomic E-state index is 10.9. The fraction of sp³-hybridized carbons (Fsp3) is 0.889. The lowest BCUT2D eigenvalue weighted by Crippen LogP contribution is -2.04. The van der Waals surface area contributed by atoms with Gasteiger partial charge in [-0.25, -0.2) is 0 Å². The van der Waals surface area contributed by atoms with Crippen LogP contribution in [0.5, 0.6) is 0 Å². The summed E-state index contributed by atoms with van der Waals surface area (Å²) >= 11 is 3.34. The smallest absolute Gasteiger partial charge is 0.305 e. The van der Waals surface area contributed by atoms with Gasteiger partial charge in [-0.15, -0.1) is 0 Å². The Bertz CT molecular complexity index is 115. The van der Waals surface area contributed by atoms with E-state index in [4.69, 9.17) is 4.74 Å². The van der Waals surface area contributed by atoms with Crippen LogP contribution in [-0.4, -0.2) is 17.9 Å². The van der Waals surface area contributed by atoms with E-state index >= 15 is 0 Å². The third-order valence-electron chi connectivity index (χ3n) is 1.48. The standard InChI is InChI=1S/C9H17BrO2/c1-2-8-12-9(11)6-4-3-5-7-10/h2-8H2,1H3. The Labute approximate surface area is 82.8 Å². The first-order chi connectivity index (χ1) is 5.81. The van der Waals surface area contributed by atoms with Crippen LogP contribution in [0.25, 0.3) is 0 Å². The van der Waals surface area contributed by atoms with Crippen molar-refractivity contribution in [1.82, 2.24) is 0 Å². The number of halogens is 1. The van der Waals surface area contributed by atoms with Gasteiger partial charge in [0.1, 0.15) is 0 Å². The number of esters is 1. The Morgan fingerprint density at radius 1 is 1.33 bits per heavy atom. The molecule has 0 spiro atoms. The molecular weight excluding hydrogens is 220 g/mol. The van der Waals surface area contributed by atoms with Crippen molar-refractivity contribution in [2.75, 3.05) is 11.9 Å². The third kappa shape index (κ3) is 8.05. The second-order valence-electron chi connectivity index (χ2n) is 2.72. The first-order valence-electron chi connectivity index (χ1n) is 4.52. The zero-order valence-electron chi connectivity index (χ0n) is 7.64. The summed E-state index contributed by atoms with van der Waals surface area (Å²) in [5.41, 5.74) is 0. The molecule has 0 bridgehead atoms. The average Bonchev–Trinajstić information content (AvgIpc) is 2.09. The van der Waals surface area contributed by atoms with E-state index in [0.29, 0.717) is 13.0 Å². The van der Waals surface area contributed by atoms with Crippen LogP contribution in [0.3, 0.4) is 0 Å². The zero-order chi connectivity index (χ0) is 9.23. The van der Waals surface area contributed by atoms with Crippen LogP contribution in [0.4, 0.5) is 0 Å². The molecule has 0 aliphatic carbocycles. The molecule has 0 atom stereocenters. The molecule has 0 heterocycles. The largest absolute Gasteiger partial charge is 0.466 e. The maximum atomic E-state index is 10.9. The summed E-state index contributed by atoms with van der Waals surface area (Å²) in [7, 11) is 0. The summed E-state index contributed by atoms with van der Waals surface area (Å²) in [6.45, 7) is 2.56. The highest BCUT2D eigenvalue weighted by molar-refractivity contribution is 9.09. The number of carbonyl (C=O) groups is 1. The van der Waals surface area contributed by atoms with Gasteiger partial charge < -0.3 is 4.74 Å². The van der Waals surface area contributed by atoms with E-state index in [1.807, 2.05) is 6.92 Å². The number of hydrogen-bond acceptors (Lipinski definition) is 2. The van der Waals surface area contributed by atoms with Crippen molar-refractivity contribution in [1.29, 1.82) is 0 Å². The van der Waals surface area contributed by atoms with Gasteiger partial charge in [-0.3, -0.25) is 4.79 Å². The summed E-state index contributed by atoms with van der Waals surface area (Å²) < 4.78 is 4.92. The minimum Gasteiger partial charge on any atom is -0.466 e. The lowest BCUT2D eigenvalue weighted by atomic mass is 10.2. The van der Waals surface area contributed by atoms with Crippen LogP contribution in [-0.2, 0) is 9.53 Å². The molecule has 12 heavy (non-hydrogen) atoms. The summed E-state index contributed by atoms with van der Waals surface area (Å²) in [4.78, 5) is 10.9. The molecule has 0 amide bonds. The normalized spacial score (nSPS) is 9.83. The fourth-order valence-corrected chi connectivity index (χ4v) is 1.23. The van der Waals surface area contributed by atoms with Crippen molar-refractivity contribution in [2.24, 2.45) is 0 Å². The van der Waals surface area contributed by atoms with Gasteiger partial charge in [0.15, 0.2) is 0 Å². The predicted octanol–water partition coefficient (Wildman–Crippen LogP) is 2.89. The van der Waals surface area contributed by atoms with Gasteiger partial charge in [-0.2, -0.15) is 0 Å². The third-order valence-corrected chi connectivity index (χ3v) is 2.04. The lowest BCUT2D eigenvalue weighted by molar-refractivity contribution is -0.143. The van der Waals surface area contributed by atoms with Crippen molar-refractivity contribution >= 4 is 21.9 Å². The molecule has 0 unspecified atom stereocenters. The first-order valence-corrected chi connectivity index (χ1v) is 5.65. The molecule has 0 saturated carbocycles. The Morgan fingerprint density at radius 3 is 2.67 bits per heavy atom. The molecule has 72 valence electrons. The highest BCUT2D eigenvalue weighted by atomic mass is 79.9. The predicted molar refractivity (Wildman–Crippen MR) is 53.5 cm³/mol. The van der Waals surface area contributed by atoms with Crippen molar-refractivity contribution in [2.45, 2.75) is 39.0 Å². The molecule has 0 aliphatic rings. The minimum absolute atomic E-state index is 0.0496. The highest BCUT2D eigenvalue weighted by Crippen LogP contribution is 2.03. The van der Waals surface area contributed by atoms with Crippen molar-refractivity contribution in [3.05, 3.63) is 0 Å². The van der Waals surface area contributed by atoms with Gasteiger partial charge >= 0.3 is 5.97 Å². The molecule has 0 aromatic rings. The van der Waals surface area contributed by atoms with Crippen molar-refractivity contribution in [3.8, 4) is 0 Å². The van der Waals surface area contributed by atoms with E-state index < -0.39 is 0 Å². The van der Waals surface area contributed by atoms with Crippen molar-refractivity contribution in [3.63, 3.8) is 0 Å². The lowest BCUT2D eigenvalue weighted by Gasteiger charge is -2.01. The van der Waals surface area contributed by atoms with Crippen LogP contribution >= 0.6 is 15.9 Å². The van der Waals surface area contributed by atoms with Crippen LogP contribution in [0.2, 0.25) is 0 Å². The van der Waals surface area contributed by atoms with E-state index in [1.54, 1.807) is 0 Å². The summed E-state index contributed by atoms with van der Waals surface area (Å²) in [6, 6.07) is 0. The molecule has 0 N–H and O–H groups in total. The Morgan fingerprint density at radius 2 is 2.08 bits per heavy atom. The summed E-state index contributed by atoms with van der Waals surface area (Å²) in [6.07, 6.45) is 4.68. The molecule has 0 radical (unpaired) electrons. The monoisotopic (exact) mass is 236 g/mol. The van der Waals surface area contributed by atoms with E-state index in [-0.39, 0.29) is 5.97 Å². The average molecular weight is 237 g/mol. The summed E-state index contributed by atoms with van der Waals surface area (Å²) in [5.74, 6) is -0.0496. The van der Waals surface area contributed by atoms with Crippen LogP contribution in [0.15, 0.2) is 0 Å². The van der Waals surface area contributed by atoms with E-state index in [1.165, 1.54) is 0 Å². The molecule has 0 rings (SSSR count). The minimum atomic E-state index is -0.0496. The summed E-state index contributed by atoms with van der Waals surface area (Å²) in [5, 5.41) is 1.02. The number of carbonyl (C=O) groups excluding carboxylic acids is 1. The second-order valence-corrected chi connectivity index (χ2v) is 3.51. The molecule has 0 saturated heterocycles. The number of unbranched alkanes of at least 4 members (excludes halogenated alkanes) is 2. The molecule has 0 fully saturated rings. The van der Waals surface area contributed by atoms with Crippen LogP contribution in [0.1, 0.15) is 39.0 Å². The number of ether oxygens (including phenoxy) is 1. The number of alkyl halides is 1. The fourth-order valence-electron chi connectivity index (χ4n) is 0.829. The van der Waals surface area contributed by atoms with Crippen molar-refractivity contribution < 1.29 is 9.53 Å². The Hall–Kier alpha value is -0.0500.